The SMILES string of the molecule is CC.CC(=O)CCCCCCCNC(=O)c1ccccc1O. The summed E-state index contributed by atoms with van der Waals surface area (Å²) in [4.78, 5) is 22.5. The summed E-state index contributed by atoms with van der Waals surface area (Å²) in [6.07, 6.45) is 5.73. The molecule has 4 nitrogen and oxygen atoms in total. The molecule has 0 aliphatic heterocycles. The van der Waals surface area contributed by atoms with Crippen molar-refractivity contribution in [2.45, 2.75) is 59.3 Å². The molecule has 0 atom stereocenters. The average molecular weight is 307 g/mol. The van der Waals surface area contributed by atoms with E-state index >= 15 is 0 Å². The van der Waals surface area contributed by atoms with Crippen molar-refractivity contribution < 1.29 is 14.7 Å². The molecule has 1 amide bonds. The molecule has 0 saturated heterocycles. The van der Waals surface area contributed by atoms with Gasteiger partial charge in [0.1, 0.15) is 11.5 Å². The molecule has 0 spiro atoms. The van der Waals surface area contributed by atoms with Gasteiger partial charge in [0, 0.05) is 13.0 Å². The maximum absolute atomic E-state index is 11.8. The third kappa shape index (κ3) is 9.16. The highest BCUT2D eigenvalue weighted by Gasteiger charge is 2.08. The van der Waals surface area contributed by atoms with E-state index in [-0.39, 0.29) is 17.4 Å². The van der Waals surface area contributed by atoms with Crippen molar-refractivity contribution in [1.29, 1.82) is 0 Å². The van der Waals surface area contributed by atoms with Gasteiger partial charge in [-0.05, 0) is 31.9 Å². The van der Waals surface area contributed by atoms with Gasteiger partial charge in [-0.15, -0.1) is 0 Å². The van der Waals surface area contributed by atoms with Crippen LogP contribution in [0.3, 0.4) is 0 Å². The third-order valence-electron chi connectivity index (χ3n) is 3.14. The number of phenolic OH excluding ortho intramolecular Hbond substituents is 1. The number of benzene rings is 1. The number of carbonyl (C=O) groups excluding carboxylic acids is 2. The van der Waals surface area contributed by atoms with E-state index < -0.39 is 0 Å². The Kier molecular flexibility index (Phi) is 11.8. The van der Waals surface area contributed by atoms with E-state index in [0.717, 1.165) is 32.1 Å². The summed E-state index contributed by atoms with van der Waals surface area (Å²) in [6.45, 7) is 6.23. The van der Waals surface area contributed by atoms with Crippen LogP contribution in [0, 0.1) is 0 Å². The number of Topliss-reactive ketones (excluding diaryl/α,β-unsaturated/α-hetero) is 1. The molecule has 1 aromatic rings. The zero-order valence-electron chi connectivity index (χ0n) is 14.0. The molecule has 0 aliphatic carbocycles. The zero-order chi connectivity index (χ0) is 16.8. The molecule has 22 heavy (non-hydrogen) atoms. The van der Waals surface area contributed by atoms with Crippen molar-refractivity contribution in [3.63, 3.8) is 0 Å². The zero-order valence-corrected chi connectivity index (χ0v) is 14.0. The molecule has 0 aromatic heterocycles. The predicted molar refractivity (Wildman–Crippen MR) is 90.2 cm³/mol. The van der Waals surface area contributed by atoms with Gasteiger partial charge in [-0.2, -0.15) is 0 Å². The van der Waals surface area contributed by atoms with Gasteiger partial charge in [0.05, 0.1) is 5.56 Å². The van der Waals surface area contributed by atoms with Gasteiger partial charge in [-0.3, -0.25) is 4.79 Å². The van der Waals surface area contributed by atoms with E-state index in [1.807, 2.05) is 13.8 Å². The first kappa shape index (κ1) is 20.2. The fourth-order valence-corrected chi connectivity index (χ4v) is 1.99. The second kappa shape index (κ2) is 12.9. The summed E-state index contributed by atoms with van der Waals surface area (Å²) in [5.74, 6) is 0.0221. The predicted octanol–water partition coefficient (Wildman–Crippen LogP) is 4.08. The number of ketones is 1. The smallest absolute Gasteiger partial charge is 0.255 e. The summed E-state index contributed by atoms with van der Waals surface area (Å²) < 4.78 is 0. The quantitative estimate of drug-likeness (QED) is 0.676. The lowest BCUT2D eigenvalue weighted by Gasteiger charge is -2.06. The largest absolute Gasteiger partial charge is 0.507 e. The van der Waals surface area contributed by atoms with Crippen LogP contribution in [0.4, 0.5) is 0 Å². The van der Waals surface area contributed by atoms with Crippen LogP contribution in [0.25, 0.3) is 0 Å². The summed E-state index contributed by atoms with van der Waals surface area (Å²) in [7, 11) is 0. The monoisotopic (exact) mass is 307 g/mol. The van der Waals surface area contributed by atoms with Crippen molar-refractivity contribution in [2.24, 2.45) is 0 Å². The summed E-state index contributed by atoms with van der Waals surface area (Å²) >= 11 is 0. The Morgan fingerprint density at radius 2 is 1.59 bits per heavy atom. The summed E-state index contributed by atoms with van der Waals surface area (Å²) in [5.41, 5.74) is 0.314. The van der Waals surface area contributed by atoms with E-state index in [1.54, 1.807) is 25.1 Å². The van der Waals surface area contributed by atoms with Crippen LogP contribution >= 0.6 is 0 Å². The van der Waals surface area contributed by atoms with E-state index in [0.29, 0.717) is 18.5 Å². The van der Waals surface area contributed by atoms with Crippen LogP contribution in [0.15, 0.2) is 24.3 Å². The summed E-state index contributed by atoms with van der Waals surface area (Å²) in [5, 5.41) is 12.3. The average Bonchev–Trinajstić information content (AvgIpc) is 2.52. The number of nitrogens with one attached hydrogen (secondary N) is 1. The van der Waals surface area contributed by atoms with Gasteiger partial charge in [-0.1, -0.05) is 45.2 Å². The molecule has 0 radical (unpaired) electrons. The molecule has 1 rings (SSSR count). The molecule has 1 aromatic carbocycles. The topological polar surface area (TPSA) is 66.4 Å². The Morgan fingerprint density at radius 3 is 2.23 bits per heavy atom. The first-order chi connectivity index (χ1) is 10.6. The van der Waals surface area contributed by atoms with Gasteiger partial charge >= 0.3 is 0 Å². The van der Waals surface area contributed by atoms with Gasteiger partial charge in [-0.25, -0.2) is 0 Å². The maximum Gasteiger partial charge on any atom is 0.255 e. The molecule has 0 heterocycles. The normalized spacial score (nSPS) is 9.59. The molecule has 124 valence electrons. The van der Waals surface area contributed by atoms with Crippen molar-refractivity contribution in [2.75, 3.05) is 6.54 Å². The molecule has 0 unspecified atom stereocenters. The van der Waals surface area contributed by atoms with Gasteiger partial charge < -0.3 is 15.2 Å². The highest BCUT2D eigenvalue weighted by Crippen LogP contribution is 2.15. The number of aromatic hydroxyl groups is 1. The van der Waals surface area contributed by atoms with E-state index in [1.165, 1.54) is 6.07 Å². The summed E-state index contributed by atoms with van der Waals surface area (Å²) in [6, 6.07) is 6.52. The number of para-hydroxylation sites is 1. The molecule has 0 aliphatic rings. The van der Waals surface area contributed by atoms with Crippen LogP contribution in [-0.4, -0.2) is 23.3 Å². The van der Waals surface area contributed by atoms with Crippen LogP contribution in [0.1, 0.15) is 69.7 Å². The second-order valence-corrected chi connectivity index (χ2v) is 4.99. The number of phenols is 1. The molecule has 0 bridgehead atoms. The lowest BCUT2D eigenvalue weighted by atomic mass is 10.1. The number of rotatable bonds is 9. The van der Waals surface area contributed by atoms with Gasteiger partial charge in [0.2, 0.25) is 0 Å². The minimum Gasteiger partial charge on any atom is -0.507 e. The fourth-order valence-electron chi connectivity index (χ4n) is 1.99. The molecule has 4 heteroatoms. The minimum absolute atomic E-state index is 0.00855. The molecule has 0 saturated carbocycles. The molecule has 2 N–H and O–H groups in total. The van der Waals surface area contributed by atoms with Crippen LogP contribution in [0.5, 0.6) is 5.75 Å². The van der Waals surface area contributed by atoms with Crippen molar-refractivity contribution in [3.8, 4) is 5.75 Å². The highest BCUT2D eigenvalue weighted by atomic mass is 16.3. The molecular weight excluding hydrogens is 278 g/mol. The maximum atomic E-state index is 11.8. The standard InChI is InChI=1S/C16H23NO3.C2H6/c1-13(18)9-5-3-2-4-8-12-17-16(20)14-10-6-7-11-15(14)19;1-2/h6-7,10-11,19H,2-5,8-9,12H2,1H3,(H,17,20);1-2H3. The van der Waals surface area contributed by atoms with Crippen molar-refractivity contribution in [1.82, 2.24) is 5.32 Å². The highest BCUT2D eigenvalue weighted by molar-refractivity contribution is 5.96. The third-order valence-corrected chi connectivity index (χ3v) is 3.14. The Labute approximate surface area is 133 Å². The first-order valence-electron chi connectivity index (χ1n) is 8.17. The van der Waals surface area contributed by atoms with Gasteiger partial charge in [0.15, 0.2) is 0 Å². The van der Waals surface area contributed by atoms with Crippen LogP contribution in [0.2, 0.25) is 0 Å². The Hall–Kier alpha value is -1.84. The van der Waals surface area contributed by atoms with E-state index in [9.17, 15) is 14.7 Å². The van der Waals surface area contributed by atoms with Crippen LogP contribution < -0.4 is 5.32 Å². The Morgan fingerprint density at radius 1 is 1.00 bits per heavy atom. The van der Waals surface area contributed by atoms with Crippen LogP contribution in [-0.2, 0) is 4.79 Å². The fraction of sp³-hybridized carbons (Fsp3) is 0.556. The number of hydrogen-bond acceptors (Lipinski definition) is 3. The number of unbranched alkanes of at least 4 members (excludes halogenated alkanes) is 4. The molecular formula is C18H29NO3. The molecule has 0 fully saturated rings. The minimum atomic E-state index is -0.236. The number of hydrogen-bond donors (Lipinski definition) is 2. The lowest BCUT2D eigenvalue weighted by Crippen LogP contribution is -2.24. The van der Waals surface area contributed by atoms with Gasteiger partial charge in [0.25, 0.3) is 5.91 Å². The van der Waals surface area contributed by atoms with Crippen molar-refractivity contribution in [3.05, 3.63) is 29.8 Å². The van der Waals surface area contributed by atoms with E-state index in [4.69, 9.17) is 0 Å². The first-order valence-corrected chi connectivity index (χ1v) is 8.17. The number of amides is 1. The number of carbonyl (C=O) groups is 2. The van der Waals surface area contributed by atoms with E-state index in [2.05, 4.69) is 5.32 Å². The Balaban J connectivity index is 0.00000211. The Bertz CT molecular complexity index is 444. The lowest BCUT2D eigenvalue weighted by molar-refractivity contribution is -0.117. The second-order valence-electron chi connectivity index (χ2n) is 4.99. The van der Waals surface area contributed by atoms with Crippen molar-refractivity contribution >= 4 is 11.7 Å².